The van der Waals surface area contributed by atoms with Crippen molar-refractivity contribution in [3.05, 3.63) is 55.1 Å². The third kappa shape index (κ3) is 5.32. The summed E-state index contributed by atoms with van der Waals surface area (Å²) in [6.07, 6.45) is 3.32. The summed E-state index contributed by atoms with van der Waals surface area (Å²) in [7, 11) is 0. The summed E-state index contributed by atoms with van der Waals surface area (Å²) in [5.41, 5.74) is 1.38. The van der Waals surface area contributed by atoms with Gasteiger partial charge >= 0.3 is 0 Å². The third-order valence-electron chi connectivity index (χ3n) is 3.13. The molecule has 0 aliphatic carbocycles. The number of halogens is 2. The maximum atomic E-state index is 3.67. The van der Waals surface area contributed by atoms with Crippen molar-refractivity contribution in [2.45, 2.75) is 32.2 Å². The molecule has 108 valence electrons. The molecule has 0 bridgehead atoms. The van der Waals surface area contributed by atoms with Crippen LogP contribution < -0.4 is 5.32 Å². The topological polar surface area (TPSA) is 12.0 Å². The van der Waals surface area contributed by atoms with E-state index in [-0.39, 0.29) is 0 Å². The van der Waals surface area contributed by atoms with Crippen LogP contribution in [0.5, 0.6) is 0 Å². The van der Waals surface area contributed by atoms with Crippen LogP contribution in [0.4, 0.5) is 0 Å². The Morgan fingerprint density at radius 2 is 2.00 bits per heavy atom. The van der Waals surface area contributed by atoms with E-state index in [1.807, 2.05) is 11.3 Å². The molecule has 1 aromatic heterocycles. The summed E-state index contributed by atoms with van der Waals surface area (Å²) in [6, 6.07) is 13.5. The number of nitrogens with one attached hydrogen (secondary N) is 1. The van der Waals surface area contributed by atoms with E-state index in [0.29, 0.717) is 6.04 Å². The van der Waals surface area contributed by atoms with Gasteiger partial charge in [0.15, 0.2) is 0 Å². The van der Waals surface area contributed by atoms with Crippen molar-refractivity contribution in [3.63, 3.8) is 0 Å². The lowest BCUT2D eigenvalue weighted by atomic mass is 10.0. The lowest BCUT2D eigenvalue weighted by Gasteiger charge is -2.18. The van der Waals surface area contributed by atoms with Crippen LogP contribution in [-0.4, -0.2) is 12.6 Å². The molecule has 0 saturated carbocycles. The van der Waals surface area contributed by atoms with Gasteiger partial charge in [-0.25, -0.2) is 0 Å². The van der Waals surface area contributed by atoms with E-state index in [1.165, 1.54) is 20.6 Å². The van der Waals surface area contributed by atoms with Crippen molar-refractivity contribution in [2.24, 2.45) is 0 Å². The number of hydrogen-bond donors (Lipinski definition) is 1. The highest BCUT2D eigenvalue weighted by molar-refractivity contribution is 9.11. The Morgan fingerprint density at radius 1 is 1.15 bits per heavy atom. The zero-order valence-corrected chi connectivity index (χ0v) is 15.5. The Morgan fingerprint density at radius 3 is 2.65 bits per heavy atom. The molecule has 1 nitrogen and oxygen atoms in total. The van der Waals surface area contributed by atoms with Crippen LogP contribution in [0.3, 0.4) is 0 Å². The minimum atomic E-state index is 0.495. The van der Waals surface area contributed by atoms with Crippen LogP contribution in [0.15, 0.2) is 44.7 Å². The standard InChI is InChI=1S/C16H19Br2NS/c1-2-8-19-14(11-15-6-7-16(18)20-15)10-12-4-3-5-13(17)9-12/h3-7,9,14,19H,2,8,10-11H2,1H3. The summed E-state index contributed by atoms with van der Waals surface area (Å²) in [5.74, 6) is 0. The molecular weight excluding hydrogens is 398 g/mol. The molecule has 20 heavy (non-hydrogen) atoms. The van der Waals surface area contributed by atoms with Gasteiger partial charge in [0, 0.05) is 15.4 Å². The summed E-state index contributed by atoms with van der Waals surface area (Å²) in [4.78, 5) is 1.43. The zero-order chi connectivity index (χ0) is 14.4. The van der Waals surface area contributed by atoms with Crippen LogP contribution in [-0.2, 0) is 12.8 Å². The number of benzene rings is 1. The largest absolute Gasteiger partial charge is 0.313 e. The molecule has 1 N–H and O–H groups in total. The summed E-state index contributed by atoms with van der Waals surface area (Å²) in [6.45, 7) is 3.29. The molecule has 1 aromatic carbocycles. The van der Waals surface area contributed by atoms with E-state index in [1.54, 1.807) is 0 Å². The number of thiophene rings is 1. The highest BCUT2D eigenvalue weighted by Gasteiger charge is 2.11. The first kappa shape index (κ1) is 16.2. The van der Waals surface area contributed by atoms with Gasteiger partial charge in [-0.1, -0.05) is 35.0 Å². The summed E-state index contributed by atoms with van der Waals surface area (Å²) < 4.78 is 2.37. The second-order valence-corrected chi connectivity index (χ2v) is 8.36. The van der Waals surface area contributed by atoms with E-state index >= 15 is 0 Å². The first-order valence-electron chi connectivity index (χ1n) is 6.89. The van der Waals surface area contributed by atoms with Gasteiger partial charge in [-0.05, 0) is 71.6 Å². The van der Waals surface area contributed by atoms with Gasteiger partial charge in [0.25, 0.3) is 0 Å². The fraction of sp³-hybridized carbons (Fsp3) is 0.375. The molecule has 1 unspecified atom stereocenters. The molecule has 1 atom stereocenters. The lowest BCUT2D eigenvalue weighted by Crippen LogP contribution is -2.33. The van der Waals surface area contributed by atoms with Crippen LogP contribution >= 0.6 is 43.2 Å². The highest BCUT2D eigenvalue weighted by atomic mass is 79.9. The Bertz CT molecular complexity index is 539. The molecule has 4 heteroatoms. The van der Waals surface area contributed by atoms with Crippen LogP contribution in [0.2, 0.25) is 0 Å². The van der Waals surface area contributed by atoms with Crippen molar-refractivity contribution in [1.29, 1.82) is 0 Å². The van der Waals surface area contributed by atoms with Gasteiger partial charge < -0.3 is 5.32 Å². The quantitative estimate of drug-likeness (QED) is 0.634. The summed E-state index contributed by atoms with van der Waals surface area (Å²) >= 11 is 8.92. The smallest absolute Gasteiger partial charge is 0.0701 e. The minimum absolute atomic E-state index is 0.495. The predicted molar refractivity (Wildman–Crippen MR) is 95.7 cm³/mol. The molecule has 0 fully saturated rings. The Labute approximate surface area is 142 Å². The molecular formula is C16H19Br2NS. The minimum Gasteiger partial charge on any atom is -0.313 e. The molecule has 1 heterocycles. The average molecular weight is 417 g/mol. The van der Waals surface area contributed by atoms with Gasteiger partial charge in [0.2, 0.25) is 0 Å². The lowest BCUT2D eigenvalue weighted by molar-refractivity contribution is 0.507. The van der Waals surface area contributed by atoms with Crippen molar-refractivity contribution in [1.82, 2.24) is 5.32 Å². The Hall–Kier alpha value is -0.160. The monoisotopic (exact) mass is 415 g/mol. The van der Waals surface area contributed by atoms with E-state index in [9.17, 15) is 0 Å². The van der Waals surface area contributed by atoms with Crippen molar-refractivity contribution >= 4 is 43.2 Å². The van der Waals surface area contributed by atoms with Gasteiger partial charge in [0.1, 0.15) is 0 Å². The normalized spacial score (nSPS) is 12.6. The predicted octanol–water partition coefficient (Wildman–Crippen LogP) is 5.43. The Kier molecular flexibility index (Phi) is 6.75. The number of rotatable bonds is 7. The maximum absolute atomic E-state index is 3.67. The molecule has 0 aliphatic heterocycles. The highest BCUT2D eigenvalue weighted by Crippen LogP contribution is 2.24. The third-order valence-corrected chi connectivity index (χ3v) is 5.27. The zero-order valence-electron chi connectivity index (χ0n) is 11.5. The SMILES string of the molecule is CCCNC(Cc1cccc(Br)c1)Cc1ccc(Br)s1. The molecule has 0 saturated heterocycles. The second kappa shape index (κ2) is 8.32. The van der Waals surface area contributed by atoms with Gasteiger partial charge in [-0.3, -0.25) is 0 Å². The van der Waals surface area contributed by atoms with Crippen LogP contribution in [0.1, 0.15) is 23.8 Å². The summed E-state index contributed by atoms with van der Waals surface area (Å²) in [5, 5.41) is 3.67. The fourth-order valence-corrected chi connectivity index (χ4v) is 4.23. The molecule has 0 amide bonds. The second-order valence-electron chi connectivity index (χ2n) is 4.90. The van der Waals surface area contributed by atoms with Gasteiger partial charge in [0.05, 0.1) is 3.79 Å². The molecule has 0 spiro atoms. The van der Waals surface area contributed by atoms with E-state index in [4.69, 9.17) is 0 Å². The van der Waals surface area contributed by atoms with E-state index in [0.717, 1.165) is 23.9 Å². The molecule has 0 radical (unpaired) electrons. The average Bonchev–Trinajstić information content (AvgIpc) is 2.81. The van der Waals surface area contributed by atoms with Crippen molar-refractivity contribution in [3.8, 4) is 0 Å². The molecule has 2 rings (SSSR count). The van der Waals surface area contributed by atoms with Gasteiger partial charge in [-0.2, -0.15) is 0 Å². The first-order chi connectivity index (χ1) is 9.67. The Balaban J connectivity index is 2.02. The van der Waals surface area contributed by atoms with Crippen molar-refractivity contribution in [2.75, 3.05) is 6.54 Å². The van der Waals surface area contributed by atoms with Gasteiger partial charge in [-0.15, -0.1) is 11.3 Å². The van der Waals surface area contributed by atoms with E-state index in [2.05, 4.69) is 80.5 Å². The molecule has 0 aliphatic rings. The van der Waals surface area contributed by atoms with E-state index < -0.39 is 0 Å². The fourth-order valence-electron chi connectivity index (χ4n) is 2.22. The molecule has 2 aromatic rings. The maximum Gasteiger partial charge on any atom is 0.0701 e. The first-order valence-corrected chi connectivity index (χ1v) is 9.29. The van der Waals surface area contributed by atoms with Crippen LogP contribution in [0, 0.1) is 0 Å². The van der Waals surface area contributed by atoms with Crippen molar-refractivity contribution < 1.29 is 0 Å². The number of hydrogen-bond acceptors (Lipinski definition) is 2. The van der Waals surface area contributed by atoms with Crippen LogP contribution in [0.25, 0.3) is 0 Å².